The Bertz CT molecular complexity index is 527. The molecule has 0 saturated heterocycles. The molecule has 0 spiro atoms. The molecule has 0 radical (unpaired) electrons. The van der Waals surface area contributed by atoms with E-state index in [0.717, 1.165) is 12.1 Å². The van der Waals surface area contributed by atoms with Crippen LogP contribution in [0.3, 0.4) is 0 Å². The lowest BCUT2D eigenvalue weighted by atomic mass is 10.1. The van der Waals surface area contributed by atoms with Gasteiger partial charge < -0.3 is 10.1 Å². The summed E-state index contributed by atoms with van der Waals surface area (Å²) in [5, 5.41) is 3.27. The van der Waals surface area contributed by atoms with E-state index in [9.17, 15) is 4.39 Å². The molecule has 0 heterocycles. The zero-order valence-corrected chi connectivity index (χ0v) is 12.9. The van der Waals surface area contributed by atoms with Crippen LogP contribution in [0.15, 0.2) is 53.0 Å². The first-order valence-corrected chi connectivity index (χ1v) is 7.36. The van der Waals surface area contributed by atoms with Gasteiger partial charge in [-0.1, -0.05) is 53.2 Å². The van der Waals surface area contributed by atoms with Crippen molar-refractivity contribution in [1.29, 1.82) is 0 Å². The molecule has 2 nitrogen and oxygen atoms in total. The predicted molar refractivity (Wildman–Crippen MR) is 82.5 cm³/mol. The summed E-state index contributed by atoms with van der Waals surface area (Å²) in [6.45, 7) is 3.58. The Labute approximate surface area is 127 Å². The first kappa shape index (κ1) is 15.0. The molecule has 0 saturated carbocycles. The van der Waals surface area contributed by atoms with Crippen LogP contribution in [0.25, 0.3) is 0 Å². The number of nitrogens with one attached hydrogen (secondary N) is 1. The summed E-state index contributed by atoms with van der Waals surface area (Å²) in [7, 11) is 0. The highest BCUT2D eigenvalue weighted by molar-refractivity contribution is 9.10. The summed E-state index contributed by atoms with van der Waals surface area (Å²) < 4.78 is 20.0. The molecule has 0 aromatic heterocycles. The van der Waals surface area contributed by atoms with Gasteiger partial charge in [0.2, 0.25) is 0 Å². The second-order valence-electron chi connectivity index (χ2n) is 4.43. The quantitative estimate of drug-likeness (QED) is 0.847. The Kier molecular flexibility index (Phi) is 5.56. The molecule has 0 aliphatic carbocycles. The van der Waals surface area contributed by atoms with Gasteiger partial charge in [-0.15, -0.1) is 0 Å². The fraction of sp³-hybridized carbons (Fsp3) is 0.250. The smallest absolute Gasteiger partial charge is 0.136 e. The van der Waals surface area contributed by atoms with Crippen LogP contribution < -0.4 is 10.1 Å². The topological polar surface area (TPSA) is 21.3 Å². The van der Waals surface area contributed by atoms with Crippen molar-refractivity contribution in [1.82, 2.24) is 5.32 Å². The lowest BCUT2D eigenvalue weighted by Crippen LogP contribution is -2.24. The van der Waals surface area contributed by atoms with Crippen LogP contribution >= 0.6 is 15.9 Å². The van der Waals surface area contributed by atoms with Crippen LogP contribution in [-0.2, 0) is 0 Å². The zero-order valence-electron chi connectivity index (χ0n) is 11.3. The highest BCUT2D eigenvalue weighted by Crippen LogP contribution is 2.25. The van der Waals surface area contributed by atoms with E-state index >= 15 is 0 Å². The van der Waals surface area contributed by atoms with Crippen molar-refractivity contribution in [3.05, 3.63) is 64.4 Å². The van der Waals surface area contributed by atoms with Crippen molar-refractivity contribution in [2.24, 2.45) is 0 Å². The predicted octanol–water partition coefficient (Wildman–Crippen LogP) is 4.32. The minimum atomic E-state index is -0.315. The number of benzene rings is 2. The summed E-state index contributed by atoms with van der Waals surface area (Å²) in [6, 6.07) is 14.5. The van der Waals surface area contributed by atoms with Crippen molar-refractivity contribution in [3.63, 3.8) is 0 Å². The van der Waals surface area contributed by atoms with Crippen molar-refractivity contribution >= 4 is 15.9 Å². The monoisotopic (exact) mass is 337 g/mol. The van der Waals surface area contributed by atoms with Gasteiger partial charge in [-0.25, -0.2) is 4.39 Å². The number of rotatable bonds is 6. The first-order valence-electron chi connectivity index (χ1n) is 6.57. The van der Waals surface area contributed by atoms with Gasteiger partial charge in [0.25, 0.3) is 0 Å². The molecule has 0 amide bonds. The average Bonchev–Trinajstić information content (AvgIpc) is 2.43. The fourth-order valence-electron chi connectivity index (χ4n) is 1.93. The summed E-state index contributed by atoms with van der Waals surface area (Å²) in [5.41, 5.74) is 1.06. The number of ether oxygens (including phenoxy) is 1. The van der Waals surface area contributed by atoms with Gasteiger partial charge in [-0.2, -0.15) is 0 Å². The Hall–Kier alpha value is -1.39. The second-order valence-corrected chi connectivity index (χ2v) is 5.35. The molecule has 1 unspecified atom stereocenters. The van der Waals surface area contributed by atoms with E-state index < -0.39 is 0 Å². The second kappa shape index (κ2) is 7.41. The maximum Gasteiger partial charge on any atom is 0.136 e. The molecule has 0 bridgehead atoms. The molecular weight excluding hydrogens is 321 g/mol. The molecule has 20 heavy (non-hydrogen) atoms. The summed E-state index contributed by atoms with van der Waals surface area (Å²) >= 11 is 3.28. The largest absolute Gasteiger partial charge is 0.484 e. The van der Waals surface area contributed by atoms with E-state index in [1.54, 1.807) is 6.07 Å². The third-order valence-corrected chi connectivity index (χ3v) is 3.32. The highest BCUT2D eigenvalue weighted by atomic mass is 79.9. The molecule has 2 aromatic carbocycles. The Morgan fingerprint density at radius 1 is 1.20 bits per heavy atom. The fourth-order valence-corrected chi connectivity index (χ4v) is 2.38. The van der Waals surface area contributed by atoms with Crippen LogP contribution in [0, 0.1) is 5.82 Å². The number of hydrogen-bond acceptors (Lipinski definition) is 2. The minimum Gasteiger partial charge on any atom is -0.484 e. The third kappa shape index (κ3) is 4.32. The highest BCUT2D eigenvalue weighted by Gasteiger charge is 2.13. The van der Waals surface area contributed by atoms with Crippen molar-refractivity contribution in [2.45, 2.75) is 13.0 Å². The Morgan fingerprint density at radius 2 is 1.95 bits per heavy atom. The van der Waals surface area contributed by atoms with Crippen LogP contribution in [0.4, 0.5) is 4.39 Å². The molecule has 106 valence electrons. The van der Waals surface area contributed by atoms with Gasteiger partial charge in [-0.05, 0) is 24.2 Å². The molecule has 2 aromatic rings. The summed E-state index contributed by atoms with van der Waals surface area (Å²) in [6.07, 6.45) is -0.148. The maximum atomic E-state index is 13.4. The van der Waals surface area contributed by atoms with E-state index in [1.165, 1.54) is 12.1 Å². The van der Waals surface area contributed by atoms with Gasteiger partial charge in [0.15, 0.2) is 0 Å². The molecule has 2 rings (SSSR count). The third-order valence-electron chi connectivity index (χ3n) is 2.87. The molecule has 0 aliphatic heterocycles. The molecule has 1 atom stereocenters. The first-order chi connectivity index (χ1) is 9.69. The number of likely N-dealkylation sites (N-methyl/N-ethyl adjacent to an activating group) is 1. The SMILES string of the molecule is CCNCC(Oc1cc(F)cc(Br)c1)c1ccccc1. The molecule has 1 N–H and O–H groups in total. The van der Waals surface area contributed by atoms with Crippen molar-refractivity contribution in [3.8, 4) is 5.75 Å². The number of halogens is 2. The van der Waals surface area contributed by atoms with Crippen LogP contribution in [0.2, 0.25) is 0 Å². The maximum absolute atomic E-state index is 13.4. The van der Waals surface area contributed by atoms with E-state index in [4.69, 9.17) is 4.74 Å². The van der Waals surface area contributed by atoms with E-state index in [2.05, 4.69) is 21.2 Å². The average molecular weight is 338 g/mol. The molecular formula is C16H17BrFNO. The molecule has 4 heteroatoms. The standard InChI is InChI=1S/C16H17BrFNO/c1-2-19-11-16(12-6-4-3-5-7-12)20-15-9-13(17)8-14(18)10-15/h3-10,16,19H,2,11H2,1H3. The van der Waals surface area contributed by atoms with Crippen LogP contribution in [-0.4, -0.2) is 13.1 Å². The normalized spacial score (nSPS) is 12.2. The molecule has 0 fully saturated rings. The molecule has 0 aliphatic rings. The van der Waals surface area contributed by atoms with E-state index in [1.807, 2.05) is 37.3 Å². The van der Waals surface area contributed by atoms with E-state index in [-0.39, 0.29) is 11.9 Å². The summed E-state index contributed by atoms with van der Waals surface area (Å²) in [4.78, 5) is 0. The van der Waals surface area contributed by atoms with Gasteiger partial charge in [0, 0.05) is 17.1 Å². The van der Waals surface area contributed by atoms with Crippen molar-refractivity contribution < 1.29 is 9.13 Å². The van der Waals surface area contributed by atoms with Gasteiger partial charge in [0.05, 0.1) is 0 Å². The lowest BCUT2D eigenvalue weighted by Gasteiger charge is -2.20. The minimum absolute atomic E-state index is 0.148. The zero-order chi connectivity index (χ0) is 14.4. The van der Waals surface area contributed by atoms with Crippen LogP contribution in [0.1, 0.15) is 18.6 Å². The number of hydrogen-bond donors (Lipinski definition) is 1. The Balaban J connectivity index is 2.19. The van der Waals surface area contributed by atoms with E-state index in [0.29, 0.717) is 16.8 Å². The van der Waals surface area contributed by atoms with Gasteiger partial charge in [0.1, 0.15) is 17.7 Å². The lowest BCUT2D eigenvalue weighted by molar-refractivity contribution is 0.201. The van der Waals surface area contributed by atoms with Gasteiger partial charge >= 0.3 is 0 Å². The van der Waals surface area contributed by atoms with Crippen molar-refractivity contribution in [2.75, 3.05) is 13.1 Å². The van der Waals surface area contributed by atoms with Gasteiger partial charge in [-0.3, -0.25) is 0 Å². The Morgan fingerprint density at radius 3 is 2.60 bits per heavy atom. The van der Waals surface area contributed by atoms with Crippen LogP contribution in [0.5, 0.6) is 5.75 Å². The summed E-state index contributed by atoms with van der Waals surface area (Å²) in [5.74, 6) is 0.202.